The summed E-state index contributed by atoms with van der Waals surface area (Å²) >= 11 is 0. The molecule has 1 saturated heterocycles. The van der Waals surface area contributed by atoms with Crippen LogP contribution >= 0.6 is 0 Å². The fraction of sp³-hybridized carbons (Fsp3) is 0.500. The third kappa shape index (κ3) is 2.86. The molecule has 1 heterocycles. The summed E-state index contributed by atoms with van der Waals surface area (Å²) < 4.78 is 5.48. The minimum absolute atomic E-state index is 0.821. The van der Waals surface area contributed by atoms with Gasteiger partial charge in [0.05, 0.1) is 6.61 Å². The number of rotatable bonds is 1. The second-order valence-corrected chi connectivity index (χ2v) is 3.90. The van der Waals surface area contributed by atoms with E-state index >= 15 is 0 Å². The van der Waals surface area contributed by atoms with Crippen molar-refractivity contribution in [2.75, 3.05) is 36.9 Å². The molecule has 0 atom stereocenters. The molecule has 0 aliphatic carbocycles. The van der Waals surface area contributed by atoms with Gasteiger partial charge in [-0.05, 0) is 37.1 Å². The summed E-state index contributed by atoms with van der Waals surface area (Å²) in [7, 11) is 0. The van der Waals surface area contributed by atoms with Crippen LogP contribution in [0.4, 0.5) is 11.4 Å². The summed E-state index contributed by atoms with van der Waals surface area (Å²) in [6.45, 7) is 3.83. The SMILES string of the molecule is Nc1ccc(N2CCCCOCC2)cc1. The second-order valence-electron chi connectivity index (χ2n) is 3.90. The molecule has 0 bridgehead atoms. The van der Waals surface area contributed by atoms with Crippen LogP contribution in [-0.4, -0.2) is 26.3 Å². The molecule has 2 N–H and O–H groups in total. The third-order valence-electron chi connectivity index (χ3n) is 2.73. The van der Waals surface area contributed by atoms with E-state index in [9.17, 15) is 0 Å². The molecule has 0 amide bonds. The van der Waals surface area contributed by atoms with Gasteiger partial charge >= 0.3 is 0 Å². The Morgan fingerprint density at radius 1 is 1.00 bits per heavy atom. The Morgan fingerprint density at radius 2 is 1.80 bits per heavy atom. The van der Waals surface area contributed by atoms with Crippen LogP contribution in [0.25, 0.3) is 0 Å². The van der Waals surface area contributed by atoms with Crippen LogP contribution < -0.4 is 10.6 Å². The Kier molecular flexibility index (Phi) is 3.45. The first-order valence-corrected chi connectivity index (χ1v) is 5.54. The van der Waals surface area contributed by atoms with Gasteiger partial charge in [-0.1, -0.05) is 0 Å². The van der Waals surface area contributed by atoms with Crippen molar-refractivity contribution < 1.29 is 4.74 Å². The zero-order chi connectivity index (χ0) is 10.5. The third-order valence-corrected chi connectivity index (χ3v) is 2.73. The Bertz CT molecular complexity index is 289. The highest BCUT2D eigenvalue weighted by Gasteiger charge is 2.08. The van der Waals surface area contributed by atoms with Gasteiger partial charge in [-0.2, -0.15) is 0 Å². The minimum Gasteiger partial charge on any atom is -0.399 e. The van der Waals surface area contributed by atoms with E-state index in [4.69, 9.17) is 10.5 Å². The van der Waals surface area contributed by atoms with Crippen LogP contribution in [0.15, 0.2) is 24.3 Å². The molecule has 1 aromatic rings. The van der Waals surface area contributed by atoms with E-state index in [0.717, 1.165) is 38.4 Å². The predicted octanol–water partition coefficient (Wildman–Crippen LogP) is 1.89. The van der Waals surface area contributed by atoms with E-state index in [1.54, 1.807) is 0 Å². The van der Waals surface area contributed by atoms with Crippen LogP contribution in [0, 0.1) is 0 Å². The molecule has 0 spiro atoms. The molecule has 0 saturated carbocycles. The van der Waals surface area contributed by atoms with Gasteiger partial charge in [-0.25, -0.2) is 0 Å². The van der Waals surface area contributed by atoms with Crippen molar-refractivity contribution in [3.05, 3.63) is 24.3 Å². The van der Waals surface area contributed by atoms with Gasteiger partial charge in [-0.3, -0.25) is 0 Å². The lowest BCUT2D eigenvalue weighted by atomic mass is 10.2. The van der Waals surface area contributed by atoms with Gasteiger partial charge in [0.25, 0.3) is 0 Å². The number of anilines is 2. The Morgan fingerprint density at radius 3 is 2.60 bits per heavy atom. The Balaban J connectivity index is 2.03. The molecule has 3 heteroatoms. The molecule has 0 unspecified atom stereocenters. The summed E-state index contributed by atoms with van der Waals surface area (Å²) in [5, 5.41) is 0. The summed E-state index contributed by atoms with van der Waals surface area (Å²) in [6, 6.07) is 8.07. The van der Waals surface area contributed by atoms with Crippen molar-refractivity contribution in [2.45, 2.75) is 12.8 Å². The summed E-state index contributed by atoms with van der Waals surface area (Å²) in [5.41, 5.74) is 7.74. The van der Waals surface area contributed by atoms with Gasteiger partial charge < -0.3 is 15.4 Å². The minimum atomic E-state index is 0.821. The monoisotopic (exact) mass is 206 g/mol. The van der Waals surface area contributed by atoms with E-state index in [1.165, 1.54) is 12.1 Å². The first kappa shape index (κ1) is 10.3. The number of nitrogens with zero attached hydrogens (tertiary/aromatic N) is 1. The molecular weight excluding hydrogens is 188 g/mol. The van der Waals surface area contributed by atoms with Crippen molar-refractivity contribution in [2.24, 2.45) is 0 Å². The van der Waals surface area contributed by atoms with Crippen molar-refractivity contribution in [1.29, 1.82) is 0 Å². The molecule has 1 aliphatic heterocycles. The fourth-order valence-corrected chi connectivity index (χ4v) is 1.84. The summed E-state index contributed by atoms with van der Waals surface area (Å²) in [6.07, 6.45) is 2.36. The van der Waals surface area contributed by atoms with E-state index in [2.05, 4.69) is 17.0 Å². The number of nitrogens with two attached hydrogens (primary N) is 1. The standard InChI is InChI=1S/C12H18N2O/c13-11-3-5-12(6-4-11)14-7-1-2-9-15-10-8-14/h3-6H,1-2,7-10,13H2. The number of ether oxygens (including phenoxy) is 1. The van der Waals surface area contributed by atoms with Crippen LogP contribution in [0.3, 0.4) is 0 Å². The lowest BCUT2D eigenvalue weighted by Gasteiger charge is -2.26. The van der Waals surface area contributed by atoms with Gasteiger partial charge in [0.2, 0.25) is 0 Å². The molecule has 0 aromatic heterocycles. The summed E-state index contributed by atoms with van der Waals surface area (Å²) in [5.74, 6) is 0. The van der Waals surface area contributed by atoms with Gasteiger partial charge in [0.1, 0.15) is 0 Å². The Hall–Kier alpha value is -1.22. The maximum Gasteiger partial charge on any atom is 0.0641 e. The van der Waals surface area contributed by atoms with Crippen LogP contribution in [0.1, 0.15) is 12.8 Å². The largest absolute Gasteiger partial charge is 0.399 e. The number of hydrogen-bond acceptors (Lipinski definition) is 3. The maximum atomic E-state index is 5.67. The molecule has 1 fully saturated rings. The quantitative estimate of drug-likeness (QED) is 0.713. The smallest absolute Gasteiger partial charge is 0.0641 e. The fourth-order valence-electron chi connectivity index (χ4n) is 1.84. The molecule has 0 radical (unpaired) electrons. The molecule has 1 aliphatic rings. The lowest BCUT2D eigenvalue weighted by molar-refractivity contribution is 0.129. The van der Waals surface area contributed by atoms with E-state index in [-0.39, 0.29) is 0 Å². The molecule has 82 valence electrons. The molecule has 15 heavy (non-hydrogen) atoms. The van der Waals surface area contributed by atoms with Gasteiger partial charge in [-0.15, -0.1) is 0 Å². The highest BCUT2D eigenvalue weighted by atomic mass is 16.5. The first-order chi connectivity index (χ1) is 7.36. The highest BCUT2D eigenvalue weighted by molar-refractivity contribution is 5.53. The van der Waals surface area contributed by atoms with E-state index < -0.39 is 0 Å². The molecule has 1 aromatic carbocycles. The first-order valence-electron chi connectivity index (χ1n) is 5.54. The van der Waals surface area contributed by atoms with Crippen molar-refractivity contribution in [3.8, 4) is 0 Å². The predicted molar refractivity (Wildman–Crippen MR) is 63.1 cm³/mol. The van der Waals surface area contributed by atoms with Crippen molar-refractivity contribution >= 4 is 11.4 Å². The number of benzene rings is 1. The normalized spacial score (nSPS) is 18.3. The number of nitrogen functional groups attached to an aromatic ring is 1. The topological polar surface area (TPSA) is 38.5 Å². The zero-order valence-electron chi connectivity index (χ0n) is 8.98. The number of hydrogen-bond donors (Lipinski definition) is 1. The maximum absolute atomic E-state index is 5.67. The van der Waals surface area contributed by atoms with Gasteiger partial charge in [0.15, 0.2) is 0 Å². The zero-order valence-corrected chi connectivity index (χ0v) is 8.98. The molecule has 2 rings (SSSR count). The molecule has 3 nitrogen and oxygen atoms in total. The summed E-state index contributed by atoms with van der Waals surface area (Å²) in [4.78, 5) is 2.36. The van der Waals surface area contributed by atoms with Crippen LogP contribution in [0.5, 0.6) is 0 Å². The van der Waals surface area contributed by atoms with E-state index in [0.29, 0.717) is 0 Å². The second kappa shape index (κ2) is 5.03. The average molecular weight is 206 g/mol. The van der Waals surface area contributed by atoms with Crippen molar-refractivity contribution in [1.82, 2.24) is 0 Å². The van der Waals surface area contributed by atoms with Crippen LogP contribution in [-0.2, 0) is 4.74 Å². The van der Waals surface area contributed by atoms with Gasteiger partial charge in [0, 0.05) is 31.1 Å². The molecular formula is C12H18N2O. The Labute approximate surface area is 90.8 Å². The van der Waals surface area contributed by atoms with E-state index in [1.807, 2.05) is 12.1 Å². The highest BCUT2D eigenvalue weighted by Crippen LogP contribution is 2.17. The van der Waals surface area contributed by atoms with Crippen molar-refractivity contribution in [3.63, 3.8) is 0 Å². The average Bonchev–Trinajstić information content (AvgIpc) is 2.19. The van der Waals surface area contributed by atoms with Crippen LogP contribution in [0.2, 0.25) is 0 Å². The lowest BCUT2D eigenvalue weighted by Crippen LogP contribution is -2.30.